The average molecular weight is 364 g/mol. The van der Waals surface area contributed by atoms with Crippen molar-refractivity contribution in [1.82, 2.24) is 9.71 Å². The highest BCUT2D eigenvalue weighted by atomic mass is 79.9. The Bertz CT molecular complexity index is 545. The minimum atomic E-state index is -3.59. The Morgan fingerprint density at radius 2 is 1.95 bits per heavy atom. The molecule has 114 valence electrons. The zero-order valence-corrected chi connectivity index (χ0v) is 14.7. The van der Waals surface area contributed by atoms with Crippen molar-refractivity contribution in [2.24, 2.45) is 5.92 Å². The fraction of sp³-hybridized carbons (Fsp3) is 0.615. The molecule has 0 aliphatic rings. The van der Waals surface area contributed by atoms with E-state index in [1.807, 2.05) is 6.92 Å². The lowest BCUT2D eigenvalue weighted by atomic mass is 9.96. The van der Waals surface area contributed by atoms with Gasteiger partial charge in [0.15, 0.2) is 0 Å². The third-order valence-corrected chi connectivity index (χ3v) is 5.45. The van der Waals surface area contributed by atoms with E-state index in [1.165, 1.54) is 0 Å². The number of aromatic nitrogens is 1. The molecule has 5 nitrogen and oxygen atoms in total. The van der Waals surface area contributed by atoms with Crippen molar-refractivity contribution in [2.75, 3.05) is 12.4 Å². The van der Waals surface area contributed by atoms with Gasteiger partial charge in [-0.2, -0.15) is 0 Å². The Kier molecular flexibility index (Phi) is 6.42. The van der Waals surface area contributed by atoms with Gasteiger partial charge in [-0.15, -0.1) is 0 Å². The van der Waals surface area contributed by atoms with Gasteiger partial charge in [-0.05, 0) is 34.8 Å². The van der Waals surface area contributed by atoms with Gasteiger partial charge in [0.2, 0.25) is 10.0 Å². The van der Waals surface area contributed by atoms with E-state index in [9.17, 15) is 8.42 Å². The summed E-state index contributed by atoms with van der Waals surface area (Å²) in [6, 6.07) is 1.44. The van der Waals surface area contributed by atoms with E-state index in [4.69, 9.17) is 0 Å². The fourth-order valence-corrected chi connectivity index (χ4v) is 4.20. The second-order valence-corrected chi connectivity index (χ2v) is 7.33. The van der Waals surface area contributed by atoms with Gasteiger partial charge in [0.1, 0.15) is 10.7 Å². The molecule has 0 spiro atoms. The fourth-order valence-electron chi connectivity index (χ4n) is 2.21. The molecule has 0 bridgehead atoms. The number of anilines is 1. The highest BCUT2D eigenvalue weighted by Crippen LogP contribution is 2.24. The first kappa shape index (κ1) is 17.4. The summed E-state index contributed by atoms with van der Waals surface area (Å²) in [5.41, 5.74) is 0. The number of hydrogen-bond donors (Lipinski definition) is 2. The van der Waals surface area contributed by atoms with Crippen molar-refractivity contribution in [3.05, 3.63) is 16.7 Å². The molecule has 0 fully saturated rings. The zero-order chi connectivity index (χ0) is 15.3. The first-order valence-corrected chi connectivity index (χ1v) is 8.98. The topological polar surface area (TPSA) is 71.1 Å². The van der Waals surface area contributed by atoms with Crippen LogP contribution in [0.3, 0.4) is 0 Å². The van der Waals surface area contributed by atoms with Crippen LogP contribution >= 0.6 is 15.9 Å². The third-order valence-electron chi connectivity index (χ3n) is 3.44. The Balaban J connectivity index is 3.08. The number of nitrogens with zero attached hydrogens (tertiary/aromatic N) is 1. The molecule has 0 aromatic carbocycles. The largest absolute Gasteiger partial charge is 0.372 e. The van der Waals surface area contributed by atoms with Gasteiger partial charge in [0.25, 0.3) is 0 Å². The lowest BCUT2D eigenvalue weighted by Gasteiger charge is -2.22. The minimum Gasteiger partial charge on any atom is -0.372 e. The summed E-state index contributed by atoms with van der Waals surface area (Å²) in [6.07, 6.45) is 3.45. The van der Waals surface area contributed by atoms with Gasteiger partial charge in [0, 0.05) is 23.8 Å². The Morgan fingerprint density at radius 3 is 2.45 bits per heavy atom. The molecule has 7 heteroatoms. The molecule has 0 radical (unpaired) electrons. The van der Waals surface area contributed by atoms with Gasteiger partial charge >= 0.3 is 0 Å². The maximum atomic E-state index is 12.5. The Hall–Kier alpha value is -0.660. The molecule has 1 heterocycles. The van der Waals surface area contributed by atoms with Crippen LogP contribution in [0.4, 0.5) is 5.82 Å². The van der Waals surface area contributed by atoms with Crippen molar-refractivity contribution < 1.29 is 8.42 Å². The number of sulfonamides is 1. The van der Waals surface area contributed by atoms with Crippen LogP contribution in [0.15, 0.2) is 21.6 Å². The first-order chi connectivity index (χ1) is 9.35. The number of halogens is 1. The number of rotatable bonds is 7. The summed E-state index contributed by atoms with van der Waals surface area (Å²) in [5.74, 6) is 0.667. The van der Waals surface area contributed by atoms with Crippen molar-refractivity contribution in [3.63, 3.8) is 0 Å². The van der Waals surface area contributed by atoms with Gasteiger partial charge in [-0.1, -0.05) is 26.7 Å². The van der Waals surface area contributed by atoms with Crippen LogP contribution in [0.2, 0.25) is 0 Å². The van der Waals surface area contributed by atoms with E-state index in [2.05, 4.69) is 44.8 Å². The zero-order valence-electron chi connectivity index (χ0n) is 12.3. The van der Waals surface area contributed by atoms with Crippen molar-refractivity contribution in [1.29, 1.82) is 0 Å². The molecular formula is C13H22BrN3O2S. The molecule has 0 aliphatic heterocycles. The first-order valence-electron chi connectivity index (χ1n) is 6.71. The molecule has 0 aliphatic carbocycles. The summed E-state index contributed by atoms with van der Waals surface area (Å²) < 4.78 is 28.4. The molecule has 1 atom stereocenters. The van der Waals surface area contributed by atoms with E-state index in [-0.39, 0.29) is 10.9 Å². The predicted octanol–water partition coefficient (Wildman–Crippen LogP) is 2.99. The Morgan fingerprint density at radius 1 is 1.35 bits per heavy atom. The van der Waals surface area contributed by atoms with Crippen LogP contribution < -0.4 is 10.0 Å². The number of nitrogens with one attached hydrogen (secondary N) is 2. The van der Waals surface area contributed by atoms with Crippen molar-refractivity contribution in [2.45, 2.75) is 44.6 Å². The van der Waals surface area contributed by atoms with E-state index in [1.54, 1.807) is 19.3 Å². The van der Waals surface area contributed by atoms with Crippen LogP contribution in [0.25, 0.3) is 0 Å². The van der Waals surface area contributed by atoms with Crippen LogP contribution in [-0.4, -0.2) is 26.5 Å². The molecule has 1 aromatic rings. The maximum absolute atomic E-state index is 12.5. The smallest absolute Gasteiger partial charge is 0.244 e. The monoisotopic (exact) mass is 363 g/mol. The molecule has 1 aromatic heterocycles. The van der Waals surface area contributed by atoms with E-state index < -0.39 is 10.0 Å². The van der Waals surface area contributed by atoms with Gasteiger partial charge < -0.3 is 5.32 Å². The average Bonchev–Trinajstić information content (AvgIpc) is 2.39. The SMILES string of the molecule is CCC(CC)C(C)NS(=O)(=O)c1cc(Br)cnc1NC. The lowest BCUT2D eigenvalue weighted by molar-refractivity contribution is 0.391. The van der Waals surface area contributed by atoms with Crippen LogP contribution in [0, 0.1) is 5.92 Å². The molecule has 1 unspecified atom stereocenters. The van der Waals surface area contributed by atoms with Crippen molar-refractivity contribution in [3.8, 4) is 0 Å². The highest BCUT2D eigenvalue weighted by molar-refractivity contribution is 9.10. The molecule has 20 heavy (non-hydrogen) atoms. The second kappa shape index (κ2) is 7.38. The number of pyridine rings is 1. The molecular weight excluding hydrogens is 342 g/mol. The standard InChI is InChI=1S/C13H22BrN3O2S/c1-5-10(6-2)9(3)17-20(18,19)12-7-11(14)8-16-13(12)15-4/h7-10,17H,5-6H2,1-4H3,(H,15,16). The quantitative estimate of drug-likeness (QED) is 0.780. The lowest BCUT2D eigenvalue weighted by Crippen LogP contribution is -2.38. The third kappa shape index (κ3) is 4.17. The summed E-state index contributed by atoms with van der Waals surface area (Å²) in [4.78, 5) is 4.24. The van der Waals surface area contributed by atoms with E-state index in [0.717, 1.165) is 12.8 Å². The van der Waals surface area contributed by atoms with Gasteiger partial charge in [-0.3, -0.25) is 0 Å². The Labute approximate surface area is 129 Å². The molecule has 1 rings (SSSR count). The predicted molar refractivity (Wildman–Crippen MR) is 85.3 cm³/mol. The van der Waals surface area contributed by atoms with Gasteiger partial charge in [-0.25, -0.2) is 18.1 Å². The summed E-state index contributed by atoms with van der Waals surface area (Å²) in [6.45, 7) is 6.04. The van der Waals surface area contributed by atoms with Crippen molar-refractivity contribution >= 4 is 31.8 Å². The van der Waals surface area contributed by atoms with Crippen LogP contribution in [0.1, 0.15) is 33.6 Å². The molecule has 2 N–H and O–H groups in total. The molecule has 0 saturated heterocycles. The van der Waals surface area contributed by atoms with E-state index in [0.29, 0.717) is 16.2 Å². The van der Waals surface area contributed by atoms with Crippen LogP contribution in [-0.2, 0) is 10.0 Å². The van der Waals surface area contributed by atoms with E-state index >= 15 is 0 Å². The normalized spacial score (nSPS) is 13.5. The summed E-state index contributed by atoms with van der Waals surface area (Å²) in [5, 5.41) is 2.81. The highest BCUT2D eigenvalue weighted by Gasteiger charge is 2.24. The summed E-state index contributed by atoms with van der Waals surface area (Å²) >= 11 is 3.26. The maximum Gasteiger partial charge on any atom is 0.244 e. The molecule has 0 amide bonds. The second-order valence-electron chi connectivity index (χ2n) is 4.74. The number of hydrogen-bond acceptors (Lipinski definition) is 4. The van der Waals surface area contributed by atoms with Gasteiger partial charge in [0.05, 0.1) is 0 Å². The minimum absolute atomic E-state index is 0.112. The van der Waals surface area contributed by atoms with Crippen LogP contribution in [0.5, 0.6) is 0 Å². The molecule has 0 saturated carbocycles. The summed E-state index contributed by atoms with van der Waals surface area (Å²) in [7, 11) is -1.94.